The molecule has 3 aromatic rings. The van der Waals surface area contributed by atoms with Crippen LogP contribution in [0.5, 0.6) is 0 Å². The van der Waals surface area contributed by atoms with Gasteiger partial charge in [0.2, 0.25) is 5.91 Å². The Morgan fingerprint density at radius 1 is 1.20 bits per heavy atom. The summed E-state index contributed by atoms with van der Waals surface area (Å²) >= 11 is 1.51. The Hall–Kier alpha value is -3.39. The third kappa shape index (κ3) is 4.44. The van der Waals surface area contributed by atoms with E-state index in [-0.39, 0.29) is 29.3 Å². The Labute approximate surface area is 178 Å². The van der Waals surface area contributed by atoms with Crippen LogP contribution in [0.2, 0.25) is 0 Å². The van der Waals surface area contributed by atoms with E-state index in [1.165, 1.54) is 16.3 Å². The fourth-order valence-electron chi connectivity index (χ4n) is 3.06. The van der Waals surface area contributed by atoms with Crippen molar-refractivity contribution in [3.05, 3.63) is 75.3 Å². The molecule has 0 unspecified atom stereocenters. The molecule has 0 spiro atoms. The quantitative estimate of drug-likeness (QED) is 0.467. The van der Waals surface area contributed by atoms with E-state index >= 15 is 0 Å². The molecule has 30 heavy (non-hydrogen) atoms. The van der Waals surface area contributed by atoms with Gasteiger partial charge < -0.3 is 11.5 Å². The van der Waals surface area contributed by atoms with Crippen LogP contribution in [0.1, 0.15) is 22.5 Å². The lowest BCUT2D eigenvalue weighted by molar-refractivity contribution is -0.117. The van der Waals surface area contributed by atoms with Crippen molar-refractivity contribution in [3.63, 3.8) is 0 Å². The minimum absolute atomic E-state index is 0.0535. The van der Waals surface area contributed by atoms with E-state index in [0.717, 1.165) is 5.56 Å². The highest BCUT2D eigenvalue weighted by molar-refractivity contribution is 7.98. The first-order valence-electron chi connectivity index (χ1n) is 9.26. The predicted molar refractivity (Wildman–Crippen MR) is 122 cm³/mol. The van der Waals surface area contributed by atoms with Gasteiger partial charge >= 0.3 is 0 Å². The van der Waals surface area contributed by atoms with Gasteiger partial charge in [-0.3, -0.25) is 14.2 Å². The Kier molecular flexibility index (Phi) is 6.37. The van der Waals surface area contributed by atoms with Crippen LogP contribution < -0.4 is 17.0 Å². The number of amides is 1. The van der Waals surface area contributed by atoms with Gasteiger partial charge in [0.1, 0.15) is 5.69 Å². The molecule has 0 aliphatic carbocycles. The summed E-state index contributed by atoms with van der Waals surface area (Å²) in [5.74, 6) is 0.626. The van der Waals surface area contributed by atoms with Gasteiger partial charge in [0, 0.05) is 22.0 Å². The minimum atomic E-state index is -0.374. The van der Waals surface area contributed by atoms with Crippen LogP contribution in [0, 0.1) is 13.8 Å². The molecule has 0 radical (unpaired) electrons. The van der Waals surface area contributed by atoms with E-state index in [9.17, 15) is 9.59 Å². The van der Waals surface area contributed by atoms with Gasteiger partial charge in [-0.2, -0.15) is 0 Å². The highest BCUT2D eigenvalue weighted by atomic mass is 32.2. The first-order valence-corrected chi connectivity index (χ1v) is 10.2. The highest BCUT2D eigenvalue weighted by Gasteiger charge is 2.17. The summed E-state index contributed by atoms with van der Waals surface area (Å²) in [6, 6.07) is 13.5. The molecule has 0 saturated carbocycles. The molecular weight excluding hydrogens is 398 g/mol. The lowest BCUT2D eigenvalue weighted by atomic mass is 10.1. The molecule has 1 aromatic carbocycles. The maximum Gasteiger partial charge on any atom is 0.280 e. The second-order valence-electron chi connectivity index (χ2n) is 6.85. The van der Waals surface area contributed by atoms with Gasteiger partial charge in [-0.15, -0.1) is 11.8 Å². The number of aromatic nitrogens is 2. The van der Waals surface area contributed by atoms with Crippen molar-refractivity contribution in [2.75, 3.05) is 11.5 Å². The first-order chi connectivity index (χ1) is 14.3. The van der Waals surface area contributed by atoms with Crippen LogP contribution in [0.4, 0.5) is 11.4 Å². The number of nitrogens with zero attached hydrogens (tertiary/aromatic N) is 3. The summed E-state index contributed by atoms with van der Waals surface area (Å²) in [6.07, 6.45) is 0.0535. The zero-order valence-electron chi connectivity index (χ0n) is 16.9. The number of nitrogen functional groups attached to an aromatic ring is 2. The molecule has 2 heterocycles. The molecule has 3 rings (SSSR count). The smallest absolute Gasteiger partial charge is 0.280 e. The lowest BCUT2D eigenvalue weighted by Gasteiger charge is -2.16. The molecular formula is C22H23N5O2S. The average molecular weight is 422 g/mol. The molecule has 0 saturated heterocycles. The molecule has 0 aliphatic rings. The molecule has 8 heteroatoms. The van der Waals surface area contributed by atoms with Gasteiger partial charge in [0.05, 0.1) is 12.1 Å². The lowest BCUT2D eigenvalue weighted by Crippen LogP contribution is -2.26. The number of pyridine rings is 2. The molecule has 7 nitrogen and oxygen atoms in total. The predicted octanol–water partition coefficient (Wildman–Crippen LogP) is 3.08. The van der Waals surface area contributed by atoms with E-state index < -0.39 is 0 Å². The number of thioether (sulfide) groups is 1. The summed E-state index contributed by atoms with van der Waals surface area (Å²) in [5.41, 5.74) is 15.4. The molecule has 4 N–H and O–H groups in total. The maximum atomic E-state index is 13.0. The third-order valence-electron chi connectivity index (χ3n) is 4.68. The number of benzene rings is 1. The second-order valence-corrected chi connectivity index (χ2v) is 7.87. The fourth-order valence-corrected chi connectivity index (χ4v) is 4.08. The number of aliphatic imine (C=N–C) groups is 1. The molecule has 154 valence electrons. The molecule has 0 bridgehead atoms. The van der Waals surface area contributed by atoms with Crippen molar-refractivity contribution < 1.29 is 4.79 Å². The summed E-state index contributed by atoms with van der Waals surface area (Å²) in [4.78, 5) is 33.2. The van der Waals surface area contributed by atoms with Crippen molar-refractivity contribution in [2.24, 2.45) is 4.99 Å². The number of anilines is 2. The molecule has 0 aliphatic heterocycles. The van der Waals surface area contributed by atoms with Gasteiger partial charge in [-0.1, -0.05) is 30.3 Å². The van der Waals surface area contributed by atoms with E-state index in [1.807, 2.05) is 43.3 Å². The summed E-state index contributed by atoms with van der Waals surface area (Å²) in [5, 5.41) is 0. The number of hydrogen-bond acceptors (Lipinski definition) is 6. The molecule has 2 aromatic heterocycles. The zero-order chi connectivity index (χ0) is 21.8. The number of carbonyl (C=O) groups excluding carboxylic acids is 1. The molecule has 1 amide bonds. The number of rotatable bonds is 6. The summed E-state index contributed by atoms with van der Waals surface area (Å²) in [6.45, 7) is 6.80. The van der Waals surface area contributed by atoms with Gasteiger partial charge in [0.25, 0.3) is 5.56 Å². The Morgan fingerprint density at radius 2 is 1.90 bits per heavy atom. The van der Waals surface area contributed by atoms with Gasteiger partial charge in [0.15, 0.2) is 5.82 Å². The Bertz CT molecular complexity index is 1170. The Balaban J connectivity index is 1.98. The van der Waals surface area contributed by atoms with Crippen LogP contribution in [0.25, 0.3) is 5.82 Å². The highest BCUT2D eigenvalue weighted by Crippen LogP contribution is 2.28. The fraction of sp³-hybridized carbons (Fsp3) is 0.182. The van der Waals surface area contributed by atoms with E-state index in [2.05, 4.69) is 16.7 Å². The normalized spacial score (nSPS) is 10.7. The van der Waals surface area contributed by atoms with Crippen molar-refractivity contribution in [3.8, 4) is 5.82 Å². The average Bonchev–Trinajstić information content (AvgIpc) is 2.73. The van der Waals surface area contributed by atoms with Crippen molar-refractivity contribution in [1.29, 1.82) is 0 Å². The van der Waals surface area contributed by atoms with Crippen LogP contribution in [-0.2, 0) is 17.0 Å². The van der Waals surface area contributed by atoms with Gasteiger partial charge in [-0.25, -0.2) is 9.98 Å². The first kappa shape index (κ1) is 21.3. The van der Waals surface area contributed by atoms with E-state index in [4.69, 9.17) is 11.5 Å². The zero-order valence-corrected chi connectivity index (χ0v) is 17.7. The maximum absolute atomic E-state index is 13.0. The standard InChI is InChI=1S/C22H23N5O2S/c1-13-9-18(30-12-15-7-5-4-6-8-15)20(24)22(29)27(13)21-17(23)10-16(14(2)26-21)11-19(28)25-3/h4-10H,3,11-12,23-24H2,1-2H3. The summed E-state index contributed by atoms with van der Waals surface area (Å²) < 4.78 is 1.40. The van der Waals surface area contributed by atoms with E-state index in [1.54, 1.807) is 13.0 Å². The SMILES string of the molecule is C=NC(=O)Cc1cc(N)c(-n2c(C)cc(SCc3ccccc3)c(N)c2=O)nc1C. The number of carbonyl (C=O) groups is 1. The third-order valence-corrected chi connectivity index (χ3v) is 5.81. The monoisotopic (exact) mass is 421 g/mol. The second kappa shape index (κ2) is 8.96. The largest absolute Gasteiger partial charge is 0.396 e. The number of nitrogens with two attached hydrogens (primary N) is 2. The van der Waals surface area contributed by atoms with Crippen LogP contribution in [0.15, 0.2) is 57.1 Å². The topological polar surface area (TPSA) is 116 Å². The van der Waals surface area contributed by atoms with E-state index in [0.29, 0.717) is 33.4 Å². The van der Waals surface area contributed by atoms with Crippen molar-refractivity contribution in [1.82, 2.24) is 9.55 Å². The van der Waals surface area contributed by atoms with Crippen molar-refractivity contribution >= 4 is 35.8 Å². The minimum Gasteiger partial charge on any atom is -0.396 e. The van der Waals surface area contributed by atoms with Crippen LogP contribution in [-0.4, -0.2) is 22.2 Å². The van der Waals surface area contributed by atoms with Gasteiger partial charge in [-0.05, 0) is 43.8 Å². The molecule has 0 atom stereocenters. The summed E-state index contributed by atoms with van der Waals surface area (Å²) in [7, 11) is 0. The molecule has 0 fully saturated rings. The van der Waals surface area contributed by atoms with Crippen molar-refractivity contribution in [2.45, 2.75) is 30.9 Å². The Morgan fingerprint density at radius 3 is 2.57 bits per heavy atom. The van der Waals surface area contributed by atoms with Crippen LogP contribution >= 0.6 is 11.8 Å². The van der Waals surface area contributed by atoms with Crippen LogP contribution in [0.3, 0.4) is 0 Å². The number of hydrogen-bond donors (Lipinski definition) is 2. The number of aryl methyl sites for hydroxylation is 2.